The zero-order valence-corrected chi connectivity index (χ0v) is 11.5. The van der Waals surface area contributed by atoms with Crippen molar-refractivity contribution in [2.75, 3.05) is 11.4 Å². The topological polar surface area (TPSA) is 29.3 Å². The molecule has 1 fully saturated rings. The van der Waals surface area contributed by atoms with Crippen LogP contribution in [0.4, 0.5) is 10.4 Å². The van der Waals surface area contributed by atoms with Gasteiger partial charge in [0.15, 0.2) is 5.58 Å². The van der Waals surface area contributed by atoms with Gasteiger partial charge < -0.3 is 9.32 Å². The van der Waals surface area contributed by atoms with Gasteiger partial charge in [-0.3, -0.25) is 0 Å². The molecule has 0 saturated carbocycles. The lowest BCUT2D eigenvalue weighted by Gasteiger charge is -2.23. The Balaban J connectivity index is 1.71. The summed E-state index contributed by atoms with van der Waals surface area (Å²) in [6, 6.07) is 15.4. The molecule has 4 heteroatoms. The van der Waals surface area contributed by atoms with Gasteiger partial charge in [0.1, 0.15) is 11.3 Å². The van der Waals surface area contributed by atoms with E-state index in [1.165, 1.54) is 12.1 Å². The molecular formula is C17H15FN2O. The summed E-state index contributed by atoms with van der Waals surface area (Å²) >= 11 is 0. The molecule has 0 aliphatic carbocycles. The first-order chi connectivity index (χ1) is 10.3. The summed E-state index contributed by atoms with van der Waals surface area (Å²) in [5.74, 6) is -0.204. The molecule has 0 amide bonds. The lowest BCUT2D eigenvalue weighted by atomic mass is 10.0. The van der Waals surface area contributed by atoms with E-state index < -0.39 is 0 Å². The van der Waals surface area contributed by atoms with Crippen LogP contribution in [-0.2, 0) is 0 Å². The van der Waals surface area contributed by atoms with Crippen LogP contribution in [0, 0.1) is 5.82 Å². The standard InChI is InChI=1S/C17H15FN2O/c18-13-9-7-12(8-10-13)15-5-3-11-20(15)17-19-14-4-1-2-6-16(14)21-17/h1-2,4,6-10,15H,3,5,11H2/t15-/m1/s1. The number of aromatic nitrogens is 1. The fraction of sp³-hybridized carbons (Fsp3) is 0.235. The molecule has 0 bridgehead atoms. The van der Waals surface area contributed by atoms with Crippen molar-refractivity contribution in [2.24, 2.45) is 0 Å². The van der Waals surface area contributed by atoms with Gasteiger partial charge in [0.25, 0.3) is 6.01 Å². The average Bonchev–Trinajstić information content (AvgIpc) is 3.14. The Morgan fingerprint density at radius 3 is 2.71 bits per heavy atom. The summed E-state index contributed by atoms with van der Waals surface area (Å²) in [5.41, 5.74) is 2.78. The molecule has 1 saturated heterocycles. The van der Waals surface area contributed by atoms with Crippen molar-refractivity contribution < 1.29 is 8.81 Å². The first-order valence-electron chi connectivity index (χ1n) is 7.19. The van der Waals surface area contributed by atoms with Crippen LogP contribution in [0.1, 0.15) is 24.4 Å². The Bertz CT molecular complexity index is 733. The number of hydrogen-bond donors (Lipinski definition) is 0. The molecule has 3 aromatic rings. The van der Waals surface area contributed by atoms with E-state index in [2.05, 4.69) is 9.88 Å². The minimum absolute atomic E-state index is 0.204. The van der Waals surface area contributed by atoms with Gasteiger partial charge >= 0.3 is 0 Å². The summed E-state index contributed by atoms with van der Waals surface area (Å²) in [6.45, 7) is 0.912. The number of rotatable bonds is 2. The van der Waals surface area contributed by atoms with E-state index in [9.17, 15) is 4.39 Å². The van der Waals surface area contributed by atoms with Crippen LogP contribution in [0.5, 0.6) is 0 Å². The molecule has 21 heavy (non-hydrogen) atoms. The second-order valence-corrected chi connectivity index (χ2v) is 5.37. The molecule has 1 aliphatic heterocycles. The number of benzene rings is 2. The van der Waals surface area contributed by atoms with Gasteiger partial charge in [-0.15, -0.1) is 0 Å². The second kappa shape index (κ2) is 4.88. The van der Waals surface area contributed by atoms with E-state index >= 15 is 0 Å². The Morgan fingerprint density at radius 2 is 1.90 bits per heavy atom. The molecule has 1 atom stereocenters. The number of halogens is 1. The lowest BCUT2D eigenvalue weighted by molar-refractivity contribution is 0.556. The first-order valence-corrected chi connectivity index (χ1v) is 7.19. The molecule has 4 rings (SSSR count). The molecule has 106 valence electrons. The maximum absolute atomic E-state index is 13.1. The third-order valence-corrected chi connectivity index (χ3v) is 4.04. The highest BCUT2D eigenvalue weighted by molar-refractivity contribution is 5.74. The van der Waals surface area contributed by atoms with Gasteiger partial charge in [-0.1, -0.05) is 24.3 Å². The smallest absolute Gasteiger partial charge is 0.298 e. The zero-order valence-electron chi connectivity index (χ0n) is 11.5. The number of anilines is 1. The predicted molar refractivity (Wildman–Crippen MR) is 79.7 cm³/mol. The maximum Gasteiger partial charge on any atom is 0.298 e. The number of hydrogen-bond acceptors (Lipinski definition) is 3. The van der Waals surface area contributed by atoms with E-state index in [4.69, 9.17) is 4.42 Å². The quantitative estimate of drug-likeness (QED) is 0.701. The van der Waals surface area contributed by atoms with Crippen molar-refractivity contribution in [1.82, 2.24) is 4.98 Å². The van der Waals surface area contributed by atoms with Crippen molar-refractivity contribution >= 4 is 17.1 Å². The first kappa shape index (κ1) is 12.4. The van der Waals surface area contributed by atoms with E-state index in [-0.39, 0.29) is 11.9 Å². The normalized spacial score (nSPS) is 18.5. The molecule has 0 radical (unpaired) electrons. The summed E-state index contributed by atoms with van der Waals surface area (Å²) in [6.07, 6.45) is 2.12. The minimum Gasteiger partial charge on any atom is -0.423 e. The van der Waals surface area contributed by atoms with Crippen LogP contribution in [0.2, 0.25) is 0 Å². The molecule has 1 aromatic heterocycles. The van der Waals surface area contributed by atoms with Gasteiger partial charge in [0.05, 0.1) is 6.04 Å². The third kappa shape index (κ3) is 2.17. The summed E-state index contributed by atoms with van der Waals surface area (Å²) in [7, 11) is 0. The van der Waals surface area contributed by atoms with Gasteiger partial charge in [0, 0.05) is 6.54 Å². The van der Waals surface area contributed by atoms with Crippen LogP contribution in [-0.4, -0.2) is 11.5 Å². The van der Waals surface area contributed by atoms with E-state index in [0.717, 1.165) is 36.0 Å². The highest BCUT2D eigenvalue weighted by Gasteiger charge is 2.29. The molecule has 2 aromatic carbocycles. The Hall–Kier alpha value is -2.36. The summed E-state index contributed by atoms with van der Waals surface area (Å²) in [5, 5.41) is 0. The Morgan fingerprint density at radius 1 is 1.10 bits per heavy atom. The number of nitrogens with zero attached hydrogens (tertiary/aromatic N) is 2. The molecule has 0 N–H and O–H groups in total. The van der Waals surface area contributed by atoms with Gasteiger partial charge in [-0.05, 0) is 42.7 Å². The SMILES string of the molecule is Fc1ccc([C@H]2CCCN2c2nc3ccccc3o2)cc1. The number of oxazole rings is 1. The van der Waals surface area contributed by atoms with Crippen LogP contribution in [0.3, 0.4) is 0 Å². The summed E-state index contributed by atoms with van der Waals surface area (Å²) < 4.78 is 19.0. The van der Waals surface area contributed by atoms with Gasteiger partial charge in [0.2, 0.25) is 0 Å². The van der Waals surface area contributed by atoms with Crippen LogP contribution < -0.4 is 4.90 Å². The van der Waals surface area contributed by atoms with Crippen molar-refractivity contribution in [3.8, 4) is 0 Å². The molecule has 2 heterocycles. The highest BCUT2D eigenvalue weighted by Crippen LogP contribution is 2.36. The van der Waals surface area contributed by atoms with Gasteiger partial charge in [-0.25, -0.2) is 4.39 Å². The van der Waals surface area contributed by atoms with Crippen molar-refractivity contribution in [1.29, 1.82) is 0 Å². The van der Waals surface area contributed by atoms with Crippen molar-refractivity contribution in [2.45, 2.75) is 18.9 Å². The fourth-order valence-electron chi connectivity index (χ4n) is 3.01. The Labute approximate surface area is 122 Å². The van der Waals surface area contributed by atoms with Crippen molar-refractivity contribution in [3.05, 3.63) is 59.9 Å². The van der Waals surface area contributed by atoms with Crippen LogP contribution in [0.15, 0.2) is 52.9 Å². The highest BCUT2D eigenvalue weighted by atomic mass is 19.1. The second-order valence-electron chi connectivity index (χ2n) is 5.37. The van der Waals surface area contributed by atoms with Crippen molar-refractivity contribution in [3.63, 3.8) is 0 Å². The van der Waals surface area contributed by atoms with E-state index in [1.807, 2.05) is 36.4 Å². The Kier molecular flexibility index (Phi) is 2.88. The number of fused-ring (bicyclic) bond motifs is 1. The molecular weight excluding hydrogens is 267 g/mol. The minimum atomic E-state index is -0.204. The van der Waals surface area contributed by atoms with Crippen LogP contribution >= 0.6 is 0 Å². The molecule has 0 spiro atoms. The maximum atomic E-state index is 13.1. The van der Waals surface area contributed by atoms with E-state index in [0.29, 0.717) is 6.01 Å². The zero-order chi connectivity index (χ0) is 14.2. The number of para-hydroxylation sites is 2. The molecule has 0 unspecified atom stereocenters. The lowest BCUT2D eigenvalue weighted by Crippen LogP contribution is -2.22. The predicted octanol–water partition coefficient (Wildman–Crippen LogP) is 4.31. The molecule has 1 aliphatic rings. The molecule has 3 nitrogen and oxygen atoms in total. The van der Waals surface area contributed by atoms with E-state index in [1.54, 1.807) is 0 Å². The fourth-order valence-corrected chi connectivity index (χ4v) is 3.01. The average molecular weight is 282 g/mol. The van der Waals surface area contributed by atoms with Crippen LogP contribution in [0.25, 0.3) is 11.1 Å². The summed E-state index contributed by atoms with van der Waals surface area (Å²) in [4.78, 5) is 6.75. The third-order valence-electron chi connectivity index (χ3n) is 4.04. The monoisotopic (exact) mass is 282 g/mol. The van der Waals surface area contributed by atoms with Gasteiger partial charge in [-0.2, -0.15) is 4.98 Å². The largest absolute Gasteiger partial charge is 0.423 e.